The highest BCUT2D eigenvalue weighted by molar-refractivity contribution is 7.89. The lowest BCUT2D eigenvalue weighted by molar-refractivity contribution is 0.266. The topological polar surface area (TPSA) is 49.4 Å². The first-order valence-electron chi connectivity index (χ1n) is 7.76. The Bertz CT molecular complexity index is 578. The molecule has 4 nitrogen and oxygen atoms in total. The van der Waals surface area contributed by atoms with Gasteiger partial charge in [0.1, 0.15) is 0 Å². The van der Waals surface area contributed by atoms with Crippen molar-refractivity contribution >= 4 is 10.0 Å². The van der Waals surface area contributed by atoms with Crippen molar-refractivity contribution in [2.24, 2.45) is 0 Å². The normalized spacial score (nSPS) is 19.9. The van der Waals surface area contributed by atoms with Crippen molar-refractivity contribution in [2.75, 3.05) is 19.6 Å². The smallest absolute Gasteiger partial charge is 0.243 e. The Morgan fingerprint density at radius 3 is 2.71 bits per heavy atom. The highest BCUT2D eigenvalue weighted by Gasteiger charge is 2.32. The molecule has 1 saturated heterocycles. The summed E-state index contributed by atoms with van der Waals surface area (Å²) in [6, 6.07) is 5.72. The van der Waals surface area contributed by atoms with E-state index in [2.05, 4.69) is 5.32 Å². The van der Waals surface area contributed by atoms with E-state index in [1.165, 1.54) is 0 Å². The van der Waals surface area contributed by atoms with E-state index in [-0.39, 0.29) is 6.04 Å². The van der Waals surface area contributed by atoms with Crippen molar-refractivity contribution in [3.8, 4) is 0 Å². The second-order valence-electron chi connectivity index (χ2n) is 5.88. The number of sulfonamides is 1. The van der Waals surface area contributed by atoms with Crippen LogP contribution in [0.1, 0.15) is 37.3 Å². The Balaban J connectivity index is 2.39. The van der Waals surface area contributed by atoms with E-state index < -0.39 is 10.0 Å². The van der Waals surface area contributed by atoms with Gasteiger partial charge in [0.2, 0.25) is 10.0 Å². The van der Waals surface area contributed by atoms with Crippen molar-refractivity contribution in [3.05, 3.63) is 29.3 Å². The molecule has 0 aliphatic carbocycles. The van der Waals surface area contributed by atoms with E-state index in [1.54, 1.807) is 10.4 Å². The Morgan fingerprint density at radius 2 is 2.10 bits per heavy atom. The van der Waals surface area contributed by atoms with E-state index in [0.29, 0.717) is 11.4 Å². The van der Waals surface area contributed by atoms with Gasteiger partial charge in [0.25, 0.3) is 0 Å². The average Bonchev–Trinajstić information content (AvgIpc) is 2.48. The first kappa shape index (κ1) is 16.5. The van der Waals surface area contributed by atoms with Crippen molar-refractivity contribution in [1.82, 2.24) is 9.62 Å². The minimum atomic E-state index is -3.42. The maximum absolute atomic E-state index is 13.1. The minimum absolute atomic E-state index is 0.0728. The number of hydrogen-bond acceptors (Lipinski definition) is 3. The number of aryl methyl sites for hydroxylation is 2. The summed E-state index contributed by atoms with van der Waals surface area (Å²) in [4.78, 5) is 0.460. The number of nitrogens with zero attached hydrogens (tertiary/aromatic N) is 1. The molecule has 21 heavy (non-hydrogen) atoms. The van der Waals surface area contributed by atoms with E-state index in [1.807, 2.05) is 32.9 Å². The summed E-state index contributed by atoms with van der Waals surface area (Å²) >= 11 is 0. The standard InChI is InChI=1S/C16H26N2O2S/c1-4-10-18(15-6-5-9-17-12-15)21(19,20)16-11-13(2)7-8-14(16)3/h7-8,11,15,17H,4-6,9-10,12H2,1-3H3. The highest BCUT2D eigenvalue weighted by Crippen LogP contribution is 2.25. The van der Waals surface area contributed by atoms with Gasteiger partial charge in [-0.15, -0.1) is 0 Å². The third kappa shape index (κ3) is 3.65. The number of nitrogens with one attached hydrogen (secondary N) is 1. The molecule has 1 aromatic rings. The van der Waals surface area contributed by atoms with E-state index >= 15 is 0 Å². The first-order valence-corrected chi connectivity index (χ1v) is 9.20. The third-order valence-corrected chi connectivity index (χ3v) is 6.15. The average molecular weight is 310 g/mol. The van der Waals surface area contributed by atoms with Gasteiger partial charge in [-0.25, -0.2) is 8.42 Å². The number of rotatable bonds is 5. The number of hydrogen-bond donors (Lipinski definition) is 1. The molecule has 1 aliphatic heterocycles. The Kier molecular flexibility index (Phi) is 5.41. The molecule has 1 heterocycles. The molecule has 1 fully saturated rings. The molecule has 5 heteroatoms. The lowest BCUT2D eigenvalue weighted by Crippen LogP contribution is -2.49. The quantitative estimate of drug-likeness (QED) is 0.909. The van der Waals surface area contributed by atoms with Crippen molar-refractivity contribution in [1.29, 1.82) is 0 Å². The van der Waals surface area contributed by atoms with Crippen LogP contribution in [-0.4, -0.2) is 38.4 Å². The zero-order valence-electron chi connectivity index (χ0n) is 13.2. The Labute approximate surface area is 128 Å². The van der Waals surface area contributed by atoms with Crippen LogP contribution in [0.2, 0.25) is 0 Å². The van der Waals surface area contributed by atoms with Crippen molar-refractivity contribution < 1.29 is 8.42 Å². The third-order valence-electron chi connectivity index (χ3n) is 4.05. The van der Waals surface area contributed by atoms with Crippen LogP contribution in [0, 0.1) is 13.8 Å². The molecule has 1 atom stereocenters. The summed E-state index contributed by atoms with van der Waals surface area (Å²) in [7, 11) is -3.42. The summed E-state index contributed by atoms with van der Waals surface area (Å²) in [5.74, 6) is 0. The number of benzene rings is 1. The zero-order chi connectivity index (χ0) is 15.5. The van der Waals surface area contributed by atoms with Crippen molar-refractivity contribution in [3.63, 3.8) is 0 Å². The lowest BCUT2D eigenvalue weighted by atomic mass is 10.1. The van der Waals surface area contributed by atoms with Crippen LogP contribution >= 0.6 is 0 Å². The fourth-order valence-electron chi connectivity index (χ4n) is 2.91. The predicted molar refractivity (Wildman–Crippen MR) is 86.0 cm³/mol. The van der Waals surface area contributed by atoms with Gasteiger partial charge in [-0.3, -0.25) is 0 Å². The summed E-state index contributed by atoms with van der Waals surface area (Å²) in [6.45, 7) is 8.16. The molecule has 0 saturated carbocycles. The molecule has 0 aromatic heterocycles. The van der Waals surface area contributed by atoms with Gasteiger partial charge in [0.05, 0.1) is 4.90 Å². The van der Waals surface area contributed by atoms with E-state index in [4.69, 9.17) is 0 Å². The zero-order valence-corrected chi connectivity index (χ0v) is 14.0. The Morgan fingerprint density at radius 1 is 1.33 bits per heavy atom. The summed E-state index contributed by atoms with van der Waals surface area (Å²) in [5, 5.41) is 3.32. The van der Waals surface area contributed by atoms with Crippen LogP contribution in [0.4, 0.5) is 0 Å². The van der Waals surface area contributed by atoms with Crippen LogP contribution in [0.15, 0.2) is 23.1 Å². The van der Waals surface area contributed by atoms with E-state index in [0.717, 1.165) is 43.5 Å². The molecule has 1 aliphatic rings. The molecule has 2 rings (SSSR count). The van der Waals surface area contributed by atoms with Crippen molar-refractivity contribution in [2.45, 2.75) is 51.0 Å². The van der Waals surface area contributed by atoms with Crippen LogP contribution in [0.3, 0.4) is 0 Å². The fraction of sp³-hybridized carbons (Fsp3) is 0.625. The summed E-state index contributed by atoms with van der Waals surface area (Å²) in [5.41, 5.74) is 1.81. The maximum Gasteiger partial charge on any atom is 0.243 e. The Hall–Kier alpha value is -0.910. The molecule has 1 aromatic carbocycles. The molecular formula is C16H26N2O2S. The number of piperidine rings is 1. The van der Waals surface area contributed by atoms with Crippen LogP contribution in [0.5, 0.6) is 0 Å². The monoisotopic (exact) mass is 310 g/mol. The minimum Gasteiger partial charge on any atom is -0.315 e. The summed E-state index contributed by atoms with van der Waals surface area (Å²) in [6.07, 6.45) is 2.81. The largest absolute Gasteiger partial charge is 0.315 e. The van der Waals surface area contributed by atoms with E-state index in [9.17, 15) is 8.42 Å². The maximum atomic E-state index is 13.1. The molecule has 0 amide bonds. The van der Waals surface area contributed by atoms with Crippen LogP contribution < -0.4 is 5.32 Å². The molecule has 118 valence electrons. The van der Waals surface area contributed by atoms with Crippen LogP contribution in [-0.2, 0) is 10.0 Å². The van der Waals surface area contributed by atoms with Gasteiger partial charge in [-0.1, -0.05) is 19.1 Å². The van der Waals surface area contributed by atoms with Gasteiger partial charge in [0, 0.05) is 19.1 Å². The lowest BCUT2D eigenvalue weighted by Gasteiger charge is -2.34. The van der Waals surface area contributed by atoms with Crippen LogP contribution in [0.25, 0.3) is 0 Å². The predicted octanol–water partition coefficient (Wildman–Crippen LogP) is 2.46. The first-order chi connectivity index (χ1) is 9.96. The van der Waals surface area contributed by atoms with Gasteiger partial charge < -0.3 is 5.32 Å². The molecule has 0 spiro atoms. The fourth-order valence-corrected chi connectivity index (χ4v) is 4.97. The second-order valence-corrected chi connectivity index (χ2v) is 7.74. The second kappa shape index (κ2) is 6.90. The molecular weight excluding hydrogens is 284 g/mol. The SMILES string of the molecule is CCCN(C1CCCNC1)S(=O)(=O)c1cc(C)ccc1C. The highest BCUT2D eigenvalue weighted by atomic mass is 32.2. The van der Waals surface area contributed by atoms with Gasteiger partial charge >= 0.3 is 0 Å². The van der Waals surface area contributed by atoms with Gasteiger partial charge in [-0.2, -0.15) is 4.31 Å². The molecule has 0 bridgehead atoms. The molecule has 1 unspecified atom stereocenters. The molecule has 0 radical (unpaired) electrons. The van der Waals surface area contributed by atoms with Gasteiger partial charge in [-0.05, 0) is 56.8 Å². The van der Waals surface area contributed by atoms with Gasteiger partial charge in [0.15, 0.2) is 0 Å². The molecule has 1 N–H and O–H groups in total. The summed E-state index contributed by atoms with van der Waals surface area (Å²) < 4.78 is 27.9.